The lowest BCUT2D eigenvalue weighted by Gasteiger charge is -2.39. The van der Waals surface area contributed by atoms with Crippen molar-refractivity contribution in [2.45, 2.75) is 31.2 Å². The van der Waals surface area contributed by atoms with E-state index in [1.54, 1.807) is 0 Å². The molecule has 3 aliphatic rings. The van der Waals surface area contributed by atoms with Gasteiger partial charge in [0.05, 0.1) is 31.2 Å². The van der Waals surface area contributed by atoms with E-state index in [9.17, 15) is 21.6 Å². The summed E-state index contributed by atoms with van der Waals surface area (Å²) in [6.07, 6.45) is 6.87. The van der Waals surface area contributed by atoms with Crippen LogP contribution < -0.4 is 4.90 Å². The Kier molecular flexibility index (Phi) is 10.5. The van der Waals surface area contributed by atoms with Crippen LogP contribution in [0.3, 0.4) is 0 Å². The highest BCUT2D eigenvalue weighted by Gasteiger charge is 2.50. The number of hydrogen-bond acceptors (Lipinski definition) is 9. The van der Waals surface area contributed by atoms with E-state index in [-0.39, 0.29) is 17.7 Å². The van der Waals surface area contributed by atoms with Gasteiger partial charge in [0.25, 0.3) is 20.2 Å². The van der Waals surface area contributed by atoms with Crippen LogP contribution in [-0.2, 0) is 36.3 Å². The first-order valence-corrected chi connectivity index (χ1v) is 16.5. The fraction of sp³-hybridized carbons (Fsp3) is 0.500. The van der Waals surface area contributed by atoms with E-state index >= 15 is 0 Å². The van der Waals surface area contributed by atoms with Gasteiger partial charge in [-0.25, -0.2) is 0 Å². The zero-order valence-electron chi connectivity index (χ0n) is 21.7. The van der Waals surface area contributed by atoms with Crippen molar-refractivity contribution in [2.75, 3.05) is 50.1 Å². The van der Waals surface area contributed by atoms with Crippen molar-refractivity contribution in [2.24, 2.45) is 0 Å². The van der Waals surface area contributed by atoms with Gasteiger partial charge in [-0.05, 0) is 42.7 Å². The number of piperidine rings is 1. The van der Waals surface area contributed by atoms with E-state index in [0.717, 1.165) is 50.0 Å². The highest BCUT2D eigenvalue weighted by atomic mass is 79.9. The number of rotatable bonds is 3. The summed E-state index contributed by atoms with van der Waals surface area (Å²) in [5.41, 5.74) is 2.23. The van der Waals surface area contributed by atoms with Crippen molar-refractivity contribution in [1.82, 2.24) is 14.8 Å². The molecule has 5 rings (SSSR count). The highest BCUT2D eigenvalue weighted by Crippen LogP contribution is 2.38. The van der Waals surface area contributed by atoms with E-state index in [0.29, 0.717) is 19.1 Å². The third kappa shape index (κ3) is 10.7. The van der Waals surface area contributed by atoms with Crippen LogP contribution in [0.15, 0.2) is 53.3 Å². The van der Waals surface area contributed by atoms with Crippen LogP contribution in [0.1, 0.15) is 18.4 Å². The van der Waals surface area contributed by atoms with Gasteiger partial charge in [-0.3, -0.25) is 23.8 Å². The molecule has 4 heterocycles. The fourth-order valence-electron chi connectivity index (χ4n) is 4.73. The van der Waals surface area contributed by atoms with Crippen molar-refractivity contribution in [1.29, 1.82) is 0 Å². The summed E-state index contributed by atoms with van der Waals surface area (Å²) in [5.74, 6) is 0.187. The molecular formula is C24H33BrN4O8S2. The number of nitrogens with zero attached hydrogens (tertiary/aromatic N) is 4. The van der Waals surface area contributed by atoms with Crippen molar-refractivity contribution >= 4 is 47.8 Å². The highest BCUT2D eigenvalue weighted by molar-refractivity contribution is 9.10. The number of pyridine rings is 1. The van der Waals surface area contributed by atoms with Crippen LogP contribution in [0.25, 0.3) is 0 Å². The lowest BCUT2D eigenvalue weighted by atomic mass is 9.91. The number of anilines is 1. The first kappa shape index (κ1) is 31.4. The van der Waals surface area contributed by atoms with Gasteiger partial charge < -0.3 is 14.5 Å². The average Bonchev–Trinajstić information content (AvgIpc) is 3.18. The second-order valence-electron chi connectivity index (χ2n) is 9.73. The molecule has 2 N–H and O–H groups in total. The van der Waals surface area contributed by atoms with E-state index in [1.807, 2.05) is 29.4 Å². The Morgan fingerprint density at radius 1 is 1.00 bits per heavy atom. The van der Waals surface area contributed by atoms with Gasteiger partial charge in [-0.2, -0.15) is 16.8 Å². The minimum absolute atomic E-state index is 0.126. The average molecular weight is 650 g/mol. The molecule has 0 bridgehead atoms. The number of hydrogen-bond donors (Lipinski definition) is 2. The Bertz CT molecular complexity index is 1270. The van der Waals surface area contributed by atoms with Gasteiger partial charge in [-0.1, -0.05) is 28.1 Å². The van der Waals surface area contributed by atoms with Crippen LogP contribution in [0.5, 0.6) is 0 Å². The van der Waals surface area contributed by atoms with Crippen LogP contribution in [0.2, 0.25) is 0 Å². The SMILES string of the molecule is CS(=O)(=O)O.CS(=O)(=O)O.O=C1CN(Cc2ccc(Br)cc2)CC2OC3(CCN(c4ccncc4)CC3)CN12. The van der Waals surface area contributed by atoms with Crippen molar-refractivity contribution in [3.05, 3.63) is 58.8 Å². The summed E-state index contributed by atoms with van der Waals surface area (Å²) in [6.45, 7) is 4.64. The van der Waals surface area contributed by atoms with Gasteiger partial charge >= 0.3 is 0 Å². The monoisotopic (exact) mass is 648 g/mol. The number of ether oxygens (including phenoxy) is 1. The number of fused-ring (bicyclic) bond motifs is 1. The normalized spacial score (nSPS) is 20.9. The Morgan fingerprint density at radius 3 is 2.08 bits per heavy atom. The number of carbonyl (C=O) groups is 1. The smallest absolute Gasteiger partial charge is 0.261 e. The molecule has 3 saturated heterocycles. The Morgan fingerprint density at radius 2 is 1.54 bits per heavy atom. The topological polar surface area (TPSA) is 158 Å². The second-order valence-corrected chi connectivity index (χ2v) is 13.6. The molecule has 216 valence electrons. The summed E-state index contributed by atoms with van der Waals surface area (Å²) >= 11 is 3.48. The molecule has 1 aromatic carbocycles. The Balaban J connectivity index is 0.000000362. The van der Waals surface area contributed by atoms with E-state index < -0.39 is 20.2 Å². The standard InChI is InChI=1S/C22H25BrN4O2.2CH4O3S/c23-18-3-1-17(2-4-18)13-25-14-20(28)27-16-22(29-21(27)15-25)7-11-26(12-8-22)19-5-9-24-10-6-19;2*1-5(2,3)4/h1-6,9-10,21H,7-8,11-16H2;2*1H3,(H,2,3,4). The third-order valence-electron chi connectivity index (χ3n) is 6.31. The predicted octanol–water partition coefficient (Wildman–Crippen LogP) is 1.89. The second kappa shape index (κ2) is 13.0. The first-order chi connectivity index (χ1) is 18.1. The number of carbonyl (C=O) groups excluding carboxylic acids is 1. The molecule has 1 unspecified atom stereocenters. The molecule has 1 amide bonds. The minimum Gasteiger partial charge on any atom is -0.371 e. The largest absolute Gasteiger partial charge is 0.371 e. The van der Waals surface area contributed by atoms with Crippen molar-refractivity contribution in [3.8, 4) is 0 Å². The van der Waals surface area contributed by atoms with Crippen molar-refractivity contribution in [3.63, 3.8) is 0 Å². The van der Waals surface area contributed by atoms with E-state index in [4.69, 9.17) is 13.8 Å². The maximum Gasteiger partial charge on any atom is 0.261 e. The quantitative estimate of drug-likeness (QED) is 0.468. The number of amides is 1. The van der Waals surface area contributed by atoms with E-state index in [1.165, 1.54) is 11.3 Å². The lowest BCUT2D eigenvalue weighted by Crippen LogP contribution is -2.53. The van der Waals surface area contributed by atoms with Gasteiger partial charge in [0.15, 0.2) is 0 Å². The molecule has 3 fully saturated rings. The van der Waals surface area contributed by atoms with Gasteiger partial charge in [-0.15, -0.1) is 0 Å². The summed E-state index contributed by atoms with van der Waals surface area (Å²) in [7, 11) is -7.33. The molecule has 12 nitrogen and oxygen atoms in total. The third-order valence-corrected chi connectivity index (χ3v) is 6.84. The molecule has 1 atom stereocenters. The Hall–Kier alpha value is -2.14. The van der Waals surface area contributed by atoms with Crippen LogP contribution >= 0.6 is 15.9 Å². The molecular weight excluding hydrogens is 616 g/mol. The number of benzene rings is 1. The zero-order valence-corrected chi connectivity index (χ0v) is 24.9. The first-order valence-electron chi connectivity index (χ1n) is 12.0. The molecule has 1 spiro atoms. The predicted molar refractivity (Wildman–Crippen MR) is 149 cm³/mol. The molecule has 0 saturated carbocycles. The van der Waals surface area contributed by atoms with Crippen LogP contribution in [0, 0.1) is 0 Å². The number of halogens is 1. The lowest BCUT2D eigenvalue weighted by molar-refractivity contribution is -0.149. The van der Waals surface area contributed by atoms with Crippen LogP contribution in [0.4, 0.5) is 5.69 Å². The molecule has 39 heavy (non-hydrogen) atoms. The minimum atomic E-state index is -3.67. The van der Waals surface area contributed by atoms with Crippen LogP contribution in [-0.4, -0.2) is 104 Å². The van der Waals surface area contributed by atoms with Crippen molar-refractivity contribution < 1.29 is 35.5 Å². The number of piperazine rings is 1. The van der Waals surface area contributed by atoms with E-state index in [2.05, 4.69) is 55.0 Å². The molecule has 2 aromatic rings. The summed E-state index contributed by atoms with van der Waals surface area (Å²) in [6, 6.07) is 12.4. The number of aromatic nitrogens is 1. The summed E-state index contributed by atoms with van der Waals surface area (Å²) < 4.78 is 59.4. The van der Waals surface area contributed by atoms with Gasteiger partial charge in [0, 0.05) is 48.7 Å². The van der Waals surface area contributed by atoms with Gasteiger partial charge in [0.2, 0.25) is 5.91 Å². The molecule has 15 heteroatoms. The zero-order chi connectivity index (χ0) is 28.8. The maximum atomic E-state index is 12.8. The molecule has 0 radical (unpaired) electrons. The molecule has 0 aliphatic carbocycles. The fourth-order valence-corrected chi connectivity index (χ4v) is 4.99. The Labute approximate surface area is 237 Å². The maximum absolute atomic E-state index is 12.8. The molecule has 3 aliphatic heterocycles. The summed E-state index contributed by atoms with van der Waals surface area (Å²) in [4.78, 5) is 23.5. The summed E-state index contributed by atoms with van der Waals surface area (Å²) in [5, 5.41) is 0. The van der Waals surface area contributed by atoms with Gasteiger partial charge in [0.1, 0.15) is 6.23 Å². The molecule has 1 aromatic heterocycles.